The van der Waals surface area contributed by atoms with Gasteiger partial charge in [0.2, 0.25) is 5.91 Å². The number of benzene rings is 1. The fraction of sp³-hybridized carbons (Fsp3) is 0.333. The Labute approximate surface area is 169 Å². The molecular formula is C21H23NO6S. The molecule has 1 atom stereocenters. The molecule has 1 unspecified atom stereocenters. The third kappa shape index (κ3) is 5.14. The van der Waals surface area contributed by atoms with E-state index in [2.05, 4.69) is 0 Å². The van der Waals surface area contributed by atoms with E-state index >= 15 is 0 Å². The van der Waals surface area contributed by atoms with Crippen LogP contribution < -0.4 is 0 Å². The average Bonchev–Trinajstić information content (AvgIpc) is 3.26. The molecule has 1 amide bonds. The maximum atomic E-state index is 12.9. The van der Waals surface area contributed by atoms with Crippen molar-refractivity contribution in [1.29, 1.82) is 0 Å². The first-order valence-electron chi connectivity index (χ1n) is 9.21. The quantitative estimate of drug-likeness (QED) is 0.530. The number of carbonyl (C=O) groups is 2. The highest BCUT2D eigenvalue weighted by Crippen LogP contribution is 2.22. The molecule has 1 aromatic carbocycles. The Hall–Kier alpha value is -2.87. The van der Waals surface area contributed by atoms with Gasteiger partial charge in [0.15, 0.2) is 9.84 Å². The van der Waals surface area contributed by atoms with E-state index in [1.165, 1.54) is 25.3 Å². The minimum atomic E-state index is -3.14. The number of amides is 1. The van der Waals surface area contributed by atoms with Gasteiger partial charge in [0.05, 0.1) is 18.6 Å². The van der Waals surface area contributed by atoms with Gasteiger partial charge >= 0.3 is 5.97 Å². The predicted octanol–water partition coefficient (Wildman–Crippen LogP) is 2.60. The number of aryl methyl sites for hydroxylation is 1. The van der Waals surface area contributed by atoms with E-state index in [0.29, 0.717) is 30.0 Å². The van der Waals surface area contributed by atoms with Crippen molar-refractivity contribution < 1.29 is 27.2 Å². The van der Waals surface area contributed by atoms with Crippen LogP contribution in [-0.2, 0) is 25.9 Å². The number of hydrogen-bond acceptors (Lipinski definition) is 6. The summed E-state index contributed by atoms with van der Waals surface area (Å²) in [6.45, 7) is 1.95. The zero-order chi connectivity index (χ0) is 21.0. The molecule has 8 heteroatoms. The summed E-state index contributed by atoms with van der Waals surface area (Å²) < 4.78 is 34.0. The standard InChI is InChI=1S/C21H23NO6S/c1-15-19(21(24)27-2)12-18(28-15)8-9-20(23)22(13-16-6-4-3-5-7-16)17-10-11-29(25,26)14-17/h3-9,12,17H,10-11,13-14H2,1-2H3. The molecule has 0 aliphatic carbocycles. The molecule has 29 heavy (non-hydrogen) atoms. The highest BCUT2D eigenvalue weighted by molar-refractivity contribution is 7.91. The first-order valence-corrected chi connectivity index (χ1v) is 11.0. The molecule has 1 aliphatic rings. The van der Waals surface area contributed by atoms with Crippen molar-refractivity contribution in [1.82, 2.24) is 4.90 Å². The molecule has 0 spiro atoms. The molecule has 1 saturated heterocycles. The summed E-state index contributed by atoms with van der Waals surface area (Å²) in [6.07, 6.45) is 3.23. The van der Waals surface area contributed by atoms with Crippen molar-refractivity contribution >= 4 is 27.8 Å². The number of hydrogen-bond donors (Lipinski definition) is 0. The largest absolute Gasteiger partial charge is 0.465 e. The van der Waals surface area contributed by atoms with Gasteiger partial charge in [0, 0.05) is 18.7 Å². The Bertz CT molecular complexity index is 1020. The van der Waals surface area contributed by atoms with Crippen molar-refractivity contribution in [2.45, 2.75) is 25.9 Å². The van der Waals surface area contributed by atoms with E-state index in [4.69, 9.17) is 9.15 Å². The average molecular weight is 417 g/mol. The van der Waals surface area contributed by atoms with Crippen molar-refractivity contribution in [3.8, 4) is 0 Å². The summed E-state index contributed by atoms with van der Waals surface area (Å²) in [7, 11) is -1.85. The third-order valence-electron chi connectivity index (χ3n) is 4.86. The number of carbonyl (C=O) groups excluding carboxylic acids is 2. The molecule has 1 aromatic heterocycles. The fourth-order valence-corrected chi connectivity index (χ4v) is 5.07. The topological polar surface area (TPSA) is 93.9 Å². The number of sulfone groups is 1. The van der Waals surface area contributed by atoms with Gasteiger partial charge in [-0.25, -0.2) is 13.2 Å². The van der Waals surface area contributed by atoms with Gasteiger partial charge in [-0.1, -0.05) is 30.3 Å². The van der Waals surface area contributed by atoms with Crippen molar-refractivity contribution in [3.63, 3.8) is 0 Å². The van der Waals surface area contributed by atoms with Gasteiger partial charge in [-0.05, 0) is 31.1 Å². The Kier molecular flexibility index (Phi) is 6.22. The van der Waals surface area contributed by atoms with E-state index in [9.17, 15) is 18.0 Å². The van der Waals surface area contributed by atoms with E-state index in [-0.39, 0.29) is 23.5 Å². The van der Waals surface area contributed by atoms with Crippen LogP contribution in [0.15, 0.2) is 46.9 Å². The van der Waals surface area contributed by atoms with Crippen LogP contribution in [0.4, 0.5) is 0 Å². The number of methoxy groups -OCH3 is 1. The molecule has 0 bridgehead atoms. The Balaban J connectivity index is 1.81. The molecule has 2 aromatic rings. The monoisotopic (exact) mass is 417 g/mol. The molecule has 7 nitrogen and oxygen atoms in total. The molecule has 3 rings (SSSR count). The number of ether oxygens (including phenoxy) is 1. The minimum absolute atomic E-state index is 0.0359. The second kappa shape index (κ2) is 8.65. The van der Waals surface area contributed by atoms with Crippen LogP contribution in [0.2, 0.25) is 0 Å². The maximum absolute atomic E-state index is 12.9. The molecule has 1 fully saturated rings. The van der Waals surface area contributed by atoms with Crippen molar-refractivity contribution in [3.05, 3.63) is 65.1 Å². The molecule has 0 radical (unpaired) electrons. The molecule has 1 aliphatic heterocycles. The number of rotatable bonds is 6. The maximum Gasteiger partial charge on any atom is 0.341 e. The molecule has 0 saturated carbocycles. The van der Waals surface area contributed by atoms with Gasteiger partial charge < -0.3 is 14.1 Å². The zero-order valence-corrected chi connectivity index (χ0v) is 17.1. The van der Waals surface area contributed by atoms with Gasteiger partial charge in [-0.2, -0.15) is 0 Å². The lowest BCUT2D eigenvalue weighted by molar-refractivity contribution is -0.128. The summed E-state index contributed by atoms with van der Waals surface area (Å²) in [5.74, 6) is -0.0448. The Morgan fingerprint density at radius 3 is 2.62 bits per heavy atom. The van der Waals surface area contributed by atoms with Gasteiger partial charge in [-0.3, -0.25) is 4.79 Å². The zero-order valence-electron chi connectivity index (χ0n) is 16.3. The molecule has 154 valence electrons. The van der Waals surface area contributed by atoms with E-state index in [1.54, 1.807) is 11.8 Å². The molecule has 0 N–H and O–H groups in total. The number of furan rings is 1. The summed E-state index contributed by atoms with van der Waals surface area (Å²) in [4.78, 5) is 26.2. The van der Waals surface area contributed by atoms with Gasteiger partial charge in [0.1, 0.15) is 17.1 Å². The van der Waals surface area contributed by atoms with Crippen LogP contribution in [0.5, 0.6) is 0 Å². The second-order valence-electron chi connectivity index (χ2n) is 6.95. The van der Waals surface area contributed by atoms with E-state index in [0.717, 1.165) is 5.56 Å². The molecular weight excluding hydrogens is 394 g/mol. The van der Waals surface area contributed by atoms with Crippen LogP contribution >= 0.6 is 0 Å². The highest BCUT2D eigenvalue weighted by atomic mass is 32.2. The second-order valence-corrected chi connectivity index (χ2v) is 9.18. The van der Waals surface area contributed by atoms with Gasteiger partial charge in [0.25, 0.3) is 0 Å². The fourth-order valence-electron chi connectivity index (χ4n) is 3.34. The summed E-state index contributed by atoms with van der Waals surface area (Å²) >= 11 is 0. The first kappa shape index (κ1) is 20.9. The Morgan fingerprint density at radius 1 is 1.28 bits per heavy atom. The van der Waals surface area contributed by atoms with E-state index in [1.807, 2.05) is 30.3 Å². The highest BCUT2D eigenvalue weighted by Gasteiger charge is 2.34. The van der Waals surface area contributed by atoms with Crippen LogP contribution in [0.3, 0.4) is 0 Å². The predicted molar refractivity (Wildman–Crippen MR) is 108 cm³/mol. The number of esters is 1. The minimum Gasteiger partial charge on any atom is -0.465 e. The van der Waals surface area contributed by atoms with Crippen molar-refractivity contribution in [2.24, 2.45) is 0 Å². The number of nitrogens with zero attached hydrogens (tertiary/aromatic N) is 1. The Morgan fingerprint density at radius 2 is 2.00 bits per heavy atom. The lowest BCUT2D eigenvalue weighted by Gasteiger charge is -2.27. The van der Waals surface area contributed by atoms with Gasteiger partial charge in [-0.15, -0.1) is 0 Å². The normalized spacial score (nSPS) is 18.1. The van der Waals surface area contributed by atoms with Crippen LogP contribution in [0.25, 0.3) is 6.08 Å². The summed E-state index contributed by atoms with van der Waals surface area (Å²) in [5.41, 5.74) is 1.21. The van der Waals surface area contributed by atoms with Crippen molar-refractivity contribution in [2.75, 3.05) is 18.6 Å². The smallest absolute Gasteiger partial charge is 0.341 e. The summed E-state index contributed by atoms with van der Waals surface area (Å²) in [6, 6.07) is 10.6. The summed E-state index contributed by atoms with van der Waals surface area (Å²) in [5, 5.41) is 0. The SMILES string of the molecule is COC(=O)c1cc(C=CC(=O)N(Cc2ccccc2)C2CCS(=O)(=O)C2)oc1C. The molecule has 2 heterocycles. The first-order chi connectivity index (χ1) is 13.8. The van der Waals surface area contributed by atoms with Crippen LogP contribution in [0.1, 0.15) is 33.9 Å². The van der Waals surface area contributed by atoms with E-state index < -0.39 is 15.8 Å². The van der Waals surface area contributed by atoms with Crippen LogP contribution in [0, 0.1) is 6.92 Å². The third-order valence-corrected chi connectivity index (χ3v) is 6.61. The van der Waals surface area contributed by atoms with Crippen LogP contribution in [-0.4, -0.2) is 49.9 Å². The lowest BCUT2D eigenvalue weighted by Crippen LogP contribution is -2.39. The lowest BCUT2D eigenvalue weighted by atomic mass is 10.1.